The average Bonchev–Trinajstić information content (AvgIpc) is 2.82. The Morgan fingerprint density at radius 2 is 0.844 bits per heavy atom. The Kier molecular flexibility index (Phi) is 14.7. The number of nitrogens with one attached hydrogen (secondary N) is 1. The zero-order valence-electron chi connectivity index (χ0n) is 21.1. The lowest BCUT2D eigenvalue weighted by atomic mass is 10.0. The Bertz CT molecular complexity index is 671. The summed E-state index contributed by atoms with van der Waals surface area (Å²) in [5.74, 6) is 0. The van der Waals surface area contributed by atoms with Gasteiger partial charge in [0.2, 0.25) is 0 Å². The molecule has 0 aliphatic carbocycles. The van der Waals surface area contributed by atoms with Crippen molar-refractivity contribution in [3.05, 3.63) is 54.1 Å². The molecule has 0 atom stereocenters. The summed E-state index contributed by atoms with van der Waals surface area (Å²) in [5.41, 5.74) is 5.13. The Morgan fingerprint density at radius 1 is 0.469 bits per heavy atom. The molecule has 0 saturated heterocycles. The fourth-order valence-electron chi connectivity index (χ4n) is 4.43. The van der Waals surface area contributed by atoms with E-state index in [-0.39, 0.29) is 0 Å². The second-order valence-electron chi connectivity index (χ2n) is 9.67. The van der Waals surface area contributed by atoms with Gasteiger partial charge in [0.15, 0.2) is 0 Å². The highest BCUT2D eigenvalue weighted by Crippen LogP contribution is 2.22. The zero-order valence-corrected chi connectivity index (χ0v) is 21.1. The lowest BCUT2D eigenvalue weighted by Gasteiger charge is -2.08. The lowest BCUT2D eigenvalue weighted by molar-refractivity contribution is 0.530. The molecule has 0 aromatic heterocycles. The van der Waals surface area contributed by atoms with Crippen LogP contribution in [0.25, 0.3) is 11.1 Å². The van der Waals surface area contributed by atoms with E-state index in [4.69, 9.17) is 0 Å². The maximum atomic E-state index is 3.58. The van der Waals surface area contributed by atoms with Crippen molar-refractivity contribution in [2.45, 2.75) is 117 Å². The van der Waals surface area contributed by atoms with Gasteiger partial charge in [-0.05, 0) is 36.6 Å². The minimum atomic E-state index is 1.09. The van der Waals surface area contributed by atoms with E-state index in [2.05, 4.69) is 67.7 Å². The summed E-state index contributed by atoms with van der Waals surface area (Å²) in [5, 5.41) is 3.58. The molecule has 0 saturated carbocycles. The Labute approximate surface area is 199 Å². The molecule has 0 bridgehead atoms. The van der Waals surface area contributed by atoms with Crippen molar-refractivity contribution in [1.82, 2.24) is 0 Å². The van der Waals surface area contributed by atoms with Crippen LogP contribution in [0.2, 0.25) is 0 Å². The molecule has 1 heteroatoms. The van der Waals surface area contributed by atoms with Crippen LogP contribution in [-0.4, -0.2) is 6.54 Å². The van der Waals surface area contributed by atoms with Gasteiger partial charge in [0.25, 0.3) is 0 Å². The third kappa shape index (κ3) is 12.3. The van der Waals surface area contributed by atoms with Crippen molar-refractivity contribution in [2.75, 3.05) is 11.9 Å². The molecule has 32 heavy (non-hydrogen) atoms. The smallest absolute Gasteiger partial charge is 0.0340 e. The number of unbranched alkanes of at least 4 members (excludes halogenated alkanes) is 15. The van der Waals surface area contributed by atoms with Crippen LogP contribution in [0.3, 0.4) is 0 Å². The third-order valence-electron chi connectivity index (χ3n) is 6.63. The normalized spacial score (nSPS) is 11.1. The molecule has 0 amide bonds. The van der Waals surface area contributed by atoms with Crippen LogP contribution < -0.4 is 5.32 Å². The van der Waals surface area contributed by atoms with Crippen molar-refractivity contribution < 1.29 is 0 Å². The maximum Gasteiger partial charge on any atom is 0.0340 e. The fraction of sp³-hybridized carbons (Fsp3) is 0.613. The lowest BCUT2D eigenvalue weighted by Crippen LogP contribution is -2.01. The van der Waals surface area contributed by atoms with Gasteiger partial charge in [0.05, 0.1) is 0 Å². The molecule has 0 heterocycles. The minimum absolute atomic E-state index is 1.09. The van der Waals surface area contributed by atoms with E-state index in [1.54, 1.807) is 0 Å². The topological polar surface area (TPSA) is 12.0 Å². The second-order valence-corrected chi connectivity index (χ2v) is 9.67. The van der Waals surface area contributed by atoms with Gasteiger partial charge in [-0.2, -0.15) is 0 Å². The van der Waals surface area contributed by atoms with E-state index in [0.717, 1.165) is 6.54 Å². The van der Waals surface area contributed by atoms with E-state index < -0.39 is 0 Å². The molecule has 2 aromatic carbocycles. The zero-order chi connectivity index (χ0) is 22.7. The van der Waals surface area contributed by atoms with E-state index >= 15 is 0 Å². The number of benzene rings is 2. The first kappa shape index (κ1) is 26.5. The van der Waals surface area contributed by atoms with Crippen LogP contribution in [0.1, 0.15) is 115 Å². The van der Waals surface area contributed by atoms with E-state index in [0.29, 0.717) is 0 Å². The van der Waals surface area contributed by atoms with Gasteiger partial charge in [-0.25, -0.2) is 0 Å². The van der Waals surface area contributed by atoms with Crippen LogP contribution in [0, 0.1) is 6.92 Å². The van der Waals surface area contributed by atoms with E-state index in [1.165, 1.54) is 125 Å². The maximum absolute atomic E-state index is 3.58. The number of anilines is 1. The Hall–Kier alpha value is -1.76. The van der Waals surface area contributed by atoms with Crippen molar-refractivity contribution in [3.63, 3.8) is 0 Å². The summed E-state index contributed by atoms with van der Waals surface area (Å²) in [6, 6.07) is 17.6. The summed E-state index contributed by atoms with van der Waals surface area (Å²) in [4.78, 5) is 0. The van der Waals surface area contributed by atoms with Gasteiger partial charge in [0.1, 0.15) is 0 Å². The number of hydrogen-bond donors (Lipinski definition) is 1. The van der Waals surface area contributed by atoms with Crippen molar-refractivity contribution in [3.8, 4) is 11.1 Å². The first-order chi connectivity index (χ1) is 15.8. The molecule has 0 fully saturated rings. The Balaban J connectivity index is 1.37. The van der Waals surface area contributed by atoms with Gasteiger partial charge in [0, 0.05) is 12.2 Å². The molecule has 0 unspecified atom stereocenters. The first-order valence-corrected chi connectivity index (χ1v) is 13.7. The van der Waals surface area contributed by atoms with Crippen LogP contribution in [0.5, 0.6) is 0 Å². The molecule has 0 aliphatic rings. The summed E-state index contributed by atoms with van der Waals surface area (Å²) < 4.78 is 0. The van der Waals surface area contributed by atoms with Gasteiger partial charge >= 0.3 is 0 Å². The largest absolute Gasteiger partial charge is 0.385 e. The molecular formula is C31H49N. The molecule has 0 spiro atoms. The SMILES string of the molecule is CCCCCCCCCCCCCCCCCCNc1ccc(-c2ccc(C)cc2)cc1. The van der Waals surface area contributed by atoms with Crippen LogP contribution in [0.4, 0.5) is 5.69 Å². The van der Waals surface area contributed by atoms with E-state index in [1.807, 2.05) is 0 Å². The highest BCUT2D eigenvalue weighted by molar-refractivity contribution is 5.66. The number of rotatable bonds is 19. The van der Waals surface area contributed by atoms with Crippen molar-refractivity contribution in [2.24, 2.45) is 0 Å². The fourth-order valence-corrected chi connectivity index (χ4v) is 4.43. The highest BCUT2D eigenvalue weighted by atomic mass is 14.9. The van der Waals surface area contributed by atoms with Gasteiger partial charge < -0.3 is 5.32 Å². The molecule has 0 aliphatic heterocycles. The Morgan fingerprint density at radius 3 is 1.28 bits per heavy atom. The van der Waals surface area contributed by atoms with Crippen LogP contribution >= 0.6 is 0 Å². The summed E-state index contributed by atoms with van der Waals surface area (Å²) in [7, 11) is 0. The molecular weight excluding hydrogens is 386 g/mol. The minimum Gasteiger partial charge on any atom is -0.385 e. The first-order valence-electron chi connectivity index (χ1n) is 13.7. The van der Waals surface area contributed by atoms with Crippen LogP contribution in [0.15, 0.2) is 48.5 Å². The van der Waals surface area contributed by atoms with E-state index in [9.17, 15) is 0 Å². The predicted molar refractivity (Wildman–Crippen MR) is 145 cm³/mol. The molecule has 2 aromatic rings. The predicted octanol–water partition coefficient (Wildman–Crippen LogP) is 10.3. The van der Waals surface area contributed by atoms with Crippen LogP contribution in [-0.2, 0) is 0 Å². The quantitative estimate of drug-likeness (QED) is 0.216. The summed E-state index contributed by atoms with van der Waals surface area (Å²) in [6.07, 6.45) is 22.8. The summed E-state index contributed by atoms with van der Waals surface area (Å²) in [6.45, 7) is 5.52. The van der Waals surface area contributed by atoms with Crippen molar-refractivity contribution in [1.29, 1.82) is 0 Å². The number of hydrogen-bond acceptors (Lipinski definition) is 1. The summed E-state index contributed by atoms with van der Waals surface area (Å²) >= 11 is 0. The van der Waals surface area contributed by atoms with Gasteiger partial charge in [-0.1, -0.05) is 145 Å². The standard InChI is InChI=1S/C31H49N/c1-3-4-5-6-7-8-9-10-11-12-13-14-15-16-17-18-27-32-31-25-23-30(24-26-31)29-21-19-28(2)20-22-29/h19-26,32H,3-18,27H2,1-2H3. The molecule has 178 valence electrons. The molecule has 2 rings (SSSR count). The van der Waals surface area contributed by atoms with Gasteiger partial charge in [-0.15, -0.1) is 0 Å². The average molecular weight is 436 g/mol. The van der Waals surface area contributed by atoms with Crippen molar-refractivity contribution >= 4 is 5.69 Å². The molecule has 0 radical (unpaired) electrons. The number of aryl methyl sites for hydroxylation is 1. The molecule has 1 N–H and O–H groups in total. The van der Waals surface area contributed by atoms with Gasteiger partial charge in [-0.3, -0.25) is 0 Å². The molecule has 1 nitrogen and oxygen atoms in total. The third-order valence-corrected chi connectivity index (χ3v) is 6.63. The monoisotopic (exact) mass is 435 g/mol. The highest BCUT2D eigenvalue weighted by Gasteiger charge is 1.99. The second kappa shape index (κ2) is 17.8.